The summed E-state index contributed by atoms with van der Waals surface area (Å²) >= 11 is 10.1. The summed E-state index contributed by atoms with van der Waals surface area (Å²) in [5.74, 6) is 0. The van der Waals surface area contributed by atoms with Gasteiger partial charge in [0.05, 0.1) is 14.9 Å². The van der Waals surface area contributed by atoms with Crippen molar-refractivity contribution >= 4 is 48.9 Å². The summed E-state index contributed by atoms with van der Waals surface area (Å²) in [4.78, 5) is 0. The topological polar surface area (TPSA) is 57.6 Å². The molecule has 0 aliphatic carbocycles. The van der Waals surface area contributed by atoms with E-state index in [0.717, 1.165) is 11.3 Å². The molecule has 0 radical (unpaired) electrons. The van der Waals surface area contributed by atoms with Crippen molar-refractivity contribution in [2.24, 2.45) is 0 Å². The lowest BCUT2D eigenvalue weighted by molar-refractivity contribution is 0.189. The van der Waals surface area contributed by atoms with E-state index in [1.807, 2.05) is 0 Å². The molecule has 0 spiro atoms. The number of halogens is 2. The van der Waals surface area contributed by atoms with Crippen LogP contribution in [0.1, 0.15) is 6.42 Å². The number of thiophene rings is 1. The van der Waals surface area contributed by atoms with Gasteiger partial charge in [-0.25, -0.2) is 8.42 Å². The molecular weight excluding hydrogens is 338 g/mol. The van der Waals surface area contributed by atoms with Gasteiger partial charge >= 0.3 is 0 Å². The summed E-state index contributed by atoms with van der Waals surface area (Å²) in [6.45, 7) is 0.520. The molecule has 0 saturated carbocycles. The average molecular weight is 347 g/mol. The Balaban J connectivity index is 2.32. The zero-order valence-electron chi connectivity index (χ0n) is 8.06. The number of β-amino-alcohol motifs (C(OH)–C–C–N with tert-alkyl or cyclic N) is 1. The molecule has 4 nitrogen and oxygen atoms in total. The smallest absolute Gasteiger partial charge is 0.252 e. The predicted molar refractivity (Wildman–Crippen MR) is 66.4 cm³/mol. The molecule has 8 heteroatoms. The van der Waals surface area contributed by atoms with Crippen LogP contribution in [-0.4, -0.2) is 37.0 Å². The maximum Gasteiger partial charge on any atom is 0.252 e. The highest BCUT2D eigenvalue weighted by molar-refractivity contribution is 9.11. The Morgan fingerprint density at radius 3 is 2.75 bits per heavy atom. The fraction of sp³-hybridized carbons (Fsp3) is 0.500. The van der Waals surface area contributed by atoms with Crippen LogP contribution in [-0.2, 0) is 10.0 Å². The monoisotopic (exact) mass is 345 g/mol. The van der Waals surface area contributed by atoms with Crippen LogP contribution >= 0.6 is 38.9 Å². The second kappa shape index (κ2) is 4.55. The van der Waals surface area contributed by atoms with Crippen LogP contribution in [0.25, 0.3) is 0 Å². The lowest BCUT2D eigenvalue weighted by Gasteiger charge is -2.13. The fourth-order valence-corrected chi connectivity index (χ4v) is 5.56. The highest BCUT2D eigenvalue weighted by atomic mass is 79.9. The number of aliphatic hydroxyl groups is 1. The van der Waals surface area contributed by atoms with Crippen LogP contribution < -0.4 is 0 Å². The molecule has 1 aromatic heterocycles. The zero-order chi connectivity index (χ0) is 11.9. The first-order valence-electron chi connectivity index (χ1n) is 4.54. The molecule has 0 unspecified atom stereocenters. The van der Waals surface area contributed by atoms with Crippen LogP contribution in [0.2, 0.25) is 5.02 Å². The molecule has 1 aliphatic rings. The standard InChI is InChI=1S/C8H9BrClNO3S2/c9-8-6(10)3-7(15-8)16(13,14)11-2-1-5(12)4-11/h3,5,12H,1-2,4H2/t5-/m1/s1. The molecule has 0 aromatic carbocycles. The van der Waals surface area contributed by atoms with Gasteiger partial charge in [0.1, 0.15) is 4.21 Å². The summed E-state index contributed by atoms with van der Waals surface area (Å²) in [5.41, 5.74) is 0. The van der Waals surface area contributed by atoms with Gasteiger partial charge in [-0.3, -0.25) is 0 Å². The van der Waals surface area contributed by atoms with Crippen LogP contribution in [0.15, 0.2) is 14.1 Å². The van der Waals surface area contributed by atoms with Gasteiger partial charge in [0.15, 0.2) is 0 Å². The van der Waals surface area contributed by atoms with E-state index in [1.165, 1.54) is 10.4 Å². The summed E-state index contributed by atoms with van der Waals surface area (Å²) in [6, 6.07) is 1.43. The van der Waals surface area contributed by atoms with Crippen molar-refractivity contribution in [2.75, 3.05) is 13.1 Å². The third-order valence-electron chi connectivity index (χ3n) is 2.34. The van der Waals surface area contributed by atoms with Gasteiger partial charge in [-0.05, 0) is 28.4 Å². The fourth-order valence-electron chi connectivity index (χ4n) is 1.51. The molecule has 1 aromatic rings. The van der Waals surface area contributed by atoms with E-state index in [1.54, 1.807) is 0 Å². The lowest BCUT2D eigenvalue weighted by atomic mass is 10.3. The normalized spacial score (nSPS) is 22.8. The van der Waals surface area contributed by atoms with Crippen molar-refractivity contribution in [2.45, 2.75) is 16.7 Å². The molecule has 1 fully saturated rings. The lowest BCUT2D eigenvalue weighted by Crippen LogP contribution is -2.29. The van der Waals surface area contributed by atoms with Gasteiger partial charge in [-0.15, -0.1) is 11.3 Å². The van der Waals surface area contributed by atoms with Crippen LogP contribution in [0, 0.1) is 0 Å². The van der Waals surface area contributed by atoms with Crippen LogP contribution in [0.3, 0.4) is 0 Å². The third-order valence-corrected chi connectivity index (χ3v) is 7.13. The Hall–Kier alpha value is 0.340. The number of hydrogen-bond acceptors (Lipinski definition) is 4. The van der Waals surface area contributed by atoms with Crippen LogP contribution in [0.5, 0.6) is 0 Å². The van der Waals surface area contributed by atoms with Gasteiger partial charge in [-0.1, -0.05) is 11.6 Å². The van der Waals surface area contributed by atoms with E-state index < -0.39 is 16.1 Å². The van der Waals surface area contributed by atoms with Gasteiger partial charge < -0.3 is 5.11 Å². The first-order valence-corrected chi connectivity index (χ1v) is 7.97. The average Bonchev–Trinajstić information content (AvgIpc) is 2.75. The van der Waals surface area contributed by atoms with E-state index in [4.69, 9.17) is 11.6 Å². The molecule has 1 saturated heterocycles. The highest BCUT2D eigenvalue weighted by Gasteiger charge is 2.33. The van der Waals surface area contributed by atoms with Crippen molar-refractivity contribution < 1.29 is 13.5 Å². The number of hydrogen-bond donors (Lipinski definition) is 1. The van der Waals surface area contributed by atoms with Crippen molar-refractivity contribution in [1.29, 1.82) is 0 Å². The van der Waals surface area contributed by atoms with Crippen molar-refractivity contribution in [3.63, 3.8) is 0 Å². The molecule has 16 heavy (non-hydrogen) atoms. The number of nitrogens with zero attached hydrogens (tertiary/aromatic N) is 1. The Morgan fingerprint density at radius 2 is 2.31 bits per heavy atom. The summed E-state index contributed by atoms with van der Waals surface area (Å²) in [7, 11) is -3.50. The van der Waals surface area contributed by atoms with Gasteiger partial charge in [0.25, 0.3) is 10.0 Å². The largest absolute Gasteiger partial charge is 0.392 e. The summed E-state index contributed by atoms with van der Waals surface area (Å²) < 4.78 is 26.3. The molecular formula is C8H9BrClNO3S2. The first-order chi connectivity index (χ1) is 7.41. The Bertz CT molecular complexity index is 482. The third kappa shape index (κ3) is 2.30. The Labute approximate surface area is 111 Å². The summed E-state index contributed by atoms with van der Waals surface area (Å²) in [6.07, 6.45) is -0.0758. The van der Waals surface area contributed by atoms with Crippen molar-refractivity contribution in [3.8, 4) is 0 Å². The van der Waals surface area contributed by atoms with E-state index in [-0.39, 0.29) is 10.8 Å². The van der Waals surface area contributed by atoms with Crippen molar-refractivity contribution in [3.05, 3.63) is 14.9 Å². The van der Waals surface area contributed by atoms with Crippen LogP contribution in [0.4, 0.5) is 0 Å². The van der Waals surface area contributed by atoms with Gasteiger partial charge in [0, 0.05) is 13.1 Å². The molecule has 0 bridgehead atoms. The minimum atomic E-state index is -3.50. The number of rotatable bonds is 2. The van der Waals surface area contributed by atoms with E-state index in [9.17, 15) is 13.5 Å². The maximum absolute atomic E-state index is 12.1. The minimum absolute atomic E-state index is 0.162. The van der Waals surface area contributed by atoms with Crippen molar-refractivity contribution in [1.82, 2.24) is 4.31 Å². The molecule has 2 heterocycles. The number of sulfonamides is 1. The first kappa shape index (κ1) is 12.8. The molecule has 1 N–H and O–H groups in total. The second-order valence-electron chi connectivity index (χ2n) is 3.49. The Kier molecular flexibility index (Phi) is 3.63. The molecule has 0 amide bonds. The van der Waals surface area contributed by atoms with E-state index in [0.29, 0.717) is 21.8 Å². The molecule has 1 atom stereocenters. The van der Waals surface area contributed by atoms with E-state index >= 15 is 0 Å². The predicted octanol–water partition coefficient (Wildman–Crippen LogP) is 1.92. The zero-order valence-corrected chi connectivity index (χ0v) is 12.0. The molecule has 2 rings (SSSR count). The van der Waals surface area contributed by atoms with Gasteiger partial charge in [0.2, 0.25) is 0 Å². The molecule has 90 valence electrons. The minimum Gasteiger partial charge on any atom is -0.392 e. The second-order valence-corrected chi connectivity index (χ2v) is 8.43. The number of aliphatic hydroxyl groups excluding tert-OH is 1. The quantitative estimate of drug-likeness (QED) is 0.890. The summed E-state index contributed by atoms with van der Waals surface area (Å²) in [5, 5.41) is 9.72. The van der Waals surface area contributed by atoms with E-state index in [2.05, 4.69) is 15.9 Å². The SMILES string of the molecule is O=S(=O)(c1cc(Cl)c(Br)s1)N1CC[C@@H](O)C1. The highest BCUT2D eigenvalue weighted by Crippen LogP contribution is 2.36. The molecule has 1 aliphatic heterocycles. The Morgan fingerprint density at radius 1 is 1.62 bits per heavy atom. The maximum atomic E-state index is 12.1. The van der Waals surface area contributed by atoms with Gasteiger partial charge in [-0.2, -0.15) is 4.31 Å².